The van der Waals surface area contributed by atoms with Gasteiger partial charge in [0.2, 0.25) is 0 Å². The van der Waals surface area contributed by atoms with Crippen LogP contribution in [-0.4, -0.2) is 55.3 Å². The second-order valence-electron chi connectivity index (χ2n) is 6.50. The van der Waals surface area contributed by atoms with Crippen LogP contribution >= 0.6 is 24.0 Å². The van der Waals surface area contributed by atoms with Gasteiger partial charge in [0.05, 0.1) is 19.8 Å². The molecule has 3 N–H and O–H groups in total. The van der Waals surface area contributed by atoms with E-state index < -0.39 is 0 Å². The molecular formula is C15H29IN4O. The summed E-state index contributed by atoms with van der Waals surface area (Å²) in [4.78, 5) is 7.18. The van der Waals surface area contributed by atoms with Crippen LogP contribution in [0.1, 0.15) is 44.9 Å². The van der Waals surface area contributed by atoms with Crippen molar-refractivity contribution in [1.29, 1.82) is 0 Å². The Morgan fingerprint density at radius 2 is 1.86 bits per heavy atom. The van der Waals surface area contributed by atoms with E-state index >= 15 is 0 Å². The average molecular weight is 408 g/mol. The van der Waals surface area contributed by atoms with Crippen LogP contribution in [0.15, 0.2) is 4.99 Å². The summed E-state index contributed by atoms with van der Waals surface area (Å²) in [5, 5.41) is 3.41. The highest BCUT2D eigenvalue weighted by Crippen LogP contribution is 2.42. The Morgan fingerprint density at radius 1 is 1.19 bits per heavy atom. The molecule has 0 bridgehead atoms. The summed E-state index contributed by atoms with van der Waals surface area (Å²) in [6.07, 6.45) is 9.01. The fraction of sp³-hybridized carbons (Fsp3) is 0.933. The van der Waals surface area contributed by atoms with Gasteiger partial charge in [0.25, 0.3) is 0 Å². The molecule has 2 aliphatic carbocycles. The first kappa shape index (κ1) is 17.3. The Morgan fingerprint density at radius 3 is 2.48 bits per heavy atom. The van der Waals surface area contributed by atoms with E-state index in [-0.39, 0.29) is 24.0 Å². The zero-order valence-corrected chi connectivity index (χ0v) is 15.2. The Kier molecular flexibility index (Phi) is 6.55. The summed E-state index contributed by atoms with van der Waals surface area (Å²) >= 11 is 0. The molecule has 0 atom stereocenters. The summed E-state index contributed by atoms with van der Waals surface area (Å²) in [5.74, 6) is 0.649. The van der Waals surface area contributed by atoms with Gasteiger partial charge in [0.1, 0.15) is 0 Å². The minimum absolute atomic E-state index is 0. The maximum Gasteiger partial charge on any atom is 0.188 e. The number of halogens is 1. The van der Waals surface area contributed by atoms with Crippen LogP contribution in [0, 0.1) is 0 Å². The first-order valence-corrected chi connectivity index (χ1v) is 8.18. The summed E-state index contributed by atoms with van der Waals surface area (Å²) in [6.45, 7) is 4.66. The lowest BCUT2D eigenvalue weighted by Crippen LogP contribution is -2.47. The van der Waals surface area contributed by atoms with Crippen molar-refractivity contribution in [3.63, 3.8) is 0 Å². The molecule has 0 radical (unpaired) electrons. The summed E-state index contributed by atoms with van der Waals surface area (Å²) in [5.41, 5.74) is 6.36. The Labute approximate surface area is 145 Å². The van der Waals surface area contributed by atoms with E-state index in [0.29, 0.717) is 17.5 Å². The van der Waals surface area contributed by atoms with Crippen LogP contribution in [0.25, 0.3) is 0 Å². The highest BCUT2D eigenvalue weighted by Gasteiger charge is 2.48. The molecule has 5 nitrogen and oxygen atoms in total. The third-order valence-electron chi connectivity index (χ3n) is 5.01. The molecule has 0 unspecified atom stereocenters. The van der Waals surface area contributed by atoms with Crippen molar-refractivity contribution >= 4 is 29.9 Å². The lowest BCUT2D eigenvalue weighted by molar-refractivity contribution is 0.0117. The standard InChI is InChI=1S/C15H28N4O.HI/c16-14(18-13-4-2-1-3-5-13)17-12-15(6-7-15)19-8-10-20-11-9-19;/h13H,1-12H2,(H3,16,17,18);1H. The fourth-order valence-electron chi connectivity index (χ4n) is 3.49. The molecule has 2 saturated carbocycles. The molecule has 0 amide bonds. The van der Waals surface area contributed by atoms with Crippen LogP contribution in [0.4, 0.5) is 0 Å². The predicted molar refractivity (Wildman–Crippen MR) is 96.3 cm³/mol. The number of aliphatic imine (C=N–C) groups is 1. The molecule has 1 saturated heterocycles. The molecule has 3 aliphatic rings. The summed E-state index contributed by atoms with van der Waals surface area (Å²) in [6, 6.07) is 0.547. The van der Waals surface area contributed by atoms with Crippen LogP contribution in [0.2, 0.25) is 0 Å². The van der Waals surface area contributed by atoms with E-state index in [2.05, 4.69) is 15.2 Å². The number of nitrogens with one attached hydrogen (secondary N) is 1. The number of guanidine groups is 1. The molecule has 3 fully saturated rings. The van der Waals surface area contributed by atoms with Crippen LogP contribution in [0.3, 0.4) is 0 Å². The second kappa shape index (κ2) is 7.97. The number of hydrogen-bond donors (Lipinski definition) is 2. The van der Waals surface area contributed by atoms with Crippen molar-refractivity contribution in [2.24, 2.45) is 10.7 Å². The number of ether oxygens (including phenoxy) is 1. The Hall–Kier alpha value is -0.0800. The van der Waals surface area contributed by atoms with Crippen molar-refractivity contribution in [3.05, 3.63) is 0 Å². The largest absolute Gasteiger partial charge is 0.379 e. The topological polar surface area (TPSA) is 62.9 Å². The van der Waals surface area contributed by atoms with Crippen molar-refractivity contribution in [3.8, 4) is 0 Å². The zero-order chi connectivity index (χ0) is 13.8. The molecule has 0 aromatic rings. The Bertz CT molecular complexity index is 348. The molecule has 1 aliphatic heterocycles. The predicted octanol–water partition coefficient (Wildman–Crippen LogP) is 1.71. The van der Waals surface area contributed by atoms with E-state index in [0.717, 1.165) is 32.8 Å². The van der Waals surface area contributed by atoms with Gasteiger partial charge in [-0.2, -0.15) is 0 Å². The highest BCUT2D eigenvalue weighted by atomic mass is 127. The van der Waals surface area contributed by atoms with Gasteiger partial charge in [-0.3, -0.25) is 9.89 Å². The van der Waals surface area contributed by atoms with E-state index in [1.807, 2.05) is 0 Å². The van der Waals surface area contributed by atoms with Gasteiger partial charge in [0, 0.05) is 24.7 Å². The lowest BCUT2D eigenvalue weighted by atomic mass is 9.96. The molecule has 6 heteroatoms. The van der Waals surface area contributed by atoms with E-state index in [1.165, 1.54) is 44.9 Å². The average Bonchev–Trinajstić information content (AvgIpc) is 3.28. The normalized spacial score (nSPS) is 27.0. The lowest BCUT2D eigenvalue weighted by Gasteiger charge is -2.34. The third kappa shape index (κ3) is 4.69. The molecule has 1 heterocycles. The van der Waals surface area contributed by atoms with Gasteiger partial charge >= 0.3 is 0 Å². The van der Waals surface area contributed by atoms with E-state index in [4.69, 9.17) is 10.5 Å². The number of nitrogens with two attached hydrogens (primary N) is 1. The minimum atomic E-state index is 0. The smallest absolute Gasteiger partial charge is 0.188 e. The van der Waals surface area contributed by atoms with Gasteiger partial charge in [0.15, 0.2) is 5.96 Å². The highest BCUT2D eigenvalue weighted by molar-refractivity contribution is 14.0. The monoisotopic (exact) mass is 408 g/mol. The van der Waals surface area contributed by atoms with Crippen LogP contribution < -0.4 is 11.1 Å². The van der Waals surface area contributed by atoms with Gasteiger partial charge < -0.3 is 15.8 Å². The number of nitrogens with zero attached hydrogens (tertiary/aromatic N) is 2. The minimum Gasteiger partial charge on any atom is -0.379 e. The first-order chi connectivity index (χ1) is 9.78. The van der Waals surface area contributed by atoms with Gasteiger partial charge in [-0.15, -0.1) is 24.0 Å². The number of hydrogen-bond acceptors (Lipinski definition) is 3. The molecular weight excluding hydrogens is 379 g/mol. The van der Waals surface area contributed by atoms with Crippen LogP contribution in [-0.2, 0) is 4.74 Å². The van der Waals surface area contributed by atoms with Gasteiger partial charge in [-0.25, -0.2) is 0 Å². The maximum absolute atomic E-state index is 6.06. The van der Waals surface area contributed by atoms with E-state index in [9.17, 15) is 0 Å². The van der Waals surface area contributed by atoms with Crippen molar-refractivity contribution in [2.75, 3.05) is 32.8 Å². The molecule has 0 aromatic heterocycles. The van der Waals surface area contributed by atoms with Gasteiger partial charge in [-0.1, -0.05) is 19.3 Å². The number of rotatable bonds is 4. The summed E-state index contributed by atoms with van der Waals surface area (Å²) < 4.78 is 5.43. The molecule has 3 rings (SSSR count). The fourth-order valence-corrected chi connectivity index (χ4v) is 3.49. The maximum atomic E-state index is 6.06. The van der Waals surface area contributed by atoms with Crippen molar-refractivity contribution in [1.82, 2.24) is 10.2 Å². The van der Waals surface area contributed by atoms with E-state index in [1.54, 1.807) is 0 Å². The summed E-state index contributed by atoms with van der Waals surface area (Å²) in [7, 11) is 0. The van der Waals surface area contributed by atoms with Crippen LogP contribution in [0.5, 0.6) is 0 Å². The number of morpholine rings is 1. The second-order valence-corrected chi connectivity index (χ2v) is 6.50. The molecule has 21 heavy (non-hydrogen) atoms. The molecule has 0 spiro atoms. The third-order valence-corrected chi connectivity index (χ3v) is 5.01. The van der Waals surface area contributed by atoms with Gasteiger partial charge in [-0.05, 0) is 25.7 Å². The quantitative estimate of drug-likeness (QED) is 0.423. The SMILES string of the molecule is I.NC(=NCC1(N2CCOCC2)CC1)NC1CCCCC1. The first-order valence-electron chi connectivity index (χ1n) is 8.18. The molecule has 122 valence electrons. The molecule has 0 aromatic carbocycles. The zero-order valence-electron chi connectivity index (χ0n) is 12.9. The van der Waals surface area contributed by atoms with Crippen molar-refractivity contribution in [2.45, 2.75) is 56.5 Å². The Balaban J connectivity index is 0.00000161. The van der Waals surface area contributed by atoms with Crippen molar-refractivity contribution < 1.29 is 4.74 Å².